The lowest BCUT2D eigenvalue weighted by atomic mass is 9.84. The molecule has 0 spiro atoms. The Morgan fingerprint density at radius 2 is 2.41 bits per heavy atom. The fourth-order valence-corrected chi connectivity index (χ4v) is 2.43. The highest BCUT2D eigenvalue weighted by Crippen LogP contribution is 2.39. The molecule has 0 aliphatic carbocycles. The molecule has 0 saturated carbocycles. The van der Waals surface area contributed by atoms with Crippen LogP contribution >= 0.6 is 11.6 Å². The number of nitriles is 1. The molecule has 1 aromatic heterocycles. The Balaban J connectivity index is 2.62. The van der Waals surface area contributed by atoms with Crippen molar-refractivity contribution >= 4 is 17.6 Å². The third-order valence-corrected chi connectivity index (χ3v) is 3.37. The van der Waals surface area contributed by atoms with Crippen LogP contribution in [0.1, 0.15) is 18.4 Å². The molecule has 22 heavy (non-hydrogen) atoms. The first-order chi connectivity index (χ1) is 10.6. The van der Waals surface area contributed by atoms with Crippen LogP contribution in [0.4, 0.5) is 0 Å². The van der Waals surface area contributed by atoms with Crippen molar-refractivity contribution in [3.05, 3.63) is 52.9 Å². The molecule has 2 heterocycles. The number of nitrogens with two attached hydrogens (primary N) is 1. The Kier molecular flexibility index (Phi) is 5.02. The lowest BCUT2D eigenvalue weighted by molar-refractivity contribution is -0.139. The molecule has 1 atom stereocenters. The van der Waals surface area contributed by atoms with Crippen molar-refractivity contribution in [3.63, 3.8) is 0 Å². The van der Waals surface area contributed by atoms with Crippen molar-refractivity contribution in [3.8, 4) is 6.07 Å². The van der Waals surface area contributed by atoms with Crippen molar-refractivity contribution in [1.82, 2.24) is 4.98 Å². The highest BCUT2D eigenvalue weighted by atomic mass is 35.5. The van der Waals surface area contributed by atoms with Gasteiger partial charge in [0.2, 0.25) is 5.88 Å². The second-order valence-corrected chi connectivity index (χ2v) is 4.67. The van der Waals surface area contributed by atoms with Gasteiger partial charge in [-0.25, -0.2) is 4.79 Å². The van der Waals surface area contributed by atoms with Gasteiger partial charge in [0.15, 0.2) is 0 Å². The summed E-state index contributed by atoms with van der Waals surface area (Å²) >= 11 is 5.86. The van der Waals surface area contributed by atoms with Crippen LogP contribution in [0.2, 0.25) is 0 Å². The predicted molar refractivity (Wildman–Crippen MR) is 79.3 cm³/mol. The first-order valence-electron chi connectivity index (χ1n) is 6.57. The van der Waals surface area contributed by atoms with Crippen LogP contribution in [0.15, 0.2) is 47.3 Å². The monoisotopic (exact) mass is 319 g/mol. The van der Waals surface area contributed by atoms with E-state index in [-0.39, 0.29) is 35.3 Å². The Morgan fingerprint density at radius 3 is 2.95 bits per heavy atom. The number of hydrogen-bond donors (Lipinski definition) is 1. The molecule has 114 valence electrons. The van der Waals surface area contributed by atoms with Crippen LogP contribution in [-0.2, 0) is 14.3 Å². The Labute approximate surface area is 132 Å². The molecule has 0 bridgehead atoms. The lowest BCUT2D eigenvalue weighted by Gasteiger charge is -2.27. The molecule has 0 aromatic carbocycles. The van der Waals surface area contributed by atoms with Gasteiger partial charge in [0, 0.05) is 12.4 Å². The second-order valence-electron chi connectivity index (χ2n) is 4.40. The molecule has 2 N–H and O–H groups in total. The van der Waals surface area contributed by atoms with E-state index in [9.17, 15) is 10.1 Å². The highest BCUT2D eigenvalue weighted by molar-refractivity contribution is 6.19. The zero-order chi connectivity index (χ0) is 16.1. The van der Waals surface area contributed by atoms with Gasteiger partial charge in [0.1, 0.15) is 17.4 Å². The van der Waals surface area contributed by atoms with Crippen molar-refractivity contribution in [2.45, 2.75) is 12.8 Å². The minimum Gasteiger partial charge on any atom is -0.463 e. The van der Waals surface area contributed by atoms with Gasteiger partial charge in [0.25, 0.3) is 0 Å². The number of alkyl halides is 1. The number of allylic oxidation sites excluding steroid dienone is 2. The van der Waals surface area contributed by atoms with Crippen molar-refractivity contribution in [1.29, 1.82) is 5.26 Å². The third-order valence-electron chi connectivity index (χ3n) is 3.13. The van der Waals surface area contributed by atoms with Gasteiger partial charge in [-0.1, -0.05) is 6.07 Å². The van der Waals surface area contributed by atoms with Crippen LogP contribution in [0, 0.1) is 11.3 Å². The Morgan fingerprint density at radius 1 is 1.64 bits per heavy atom. The number of halogens is 1. The summed E-state index contributed by atoms with van der Waals surface area (Å²) in [6.07, 6.45) is 3.16. The van der Waals surface area contributed by atoms with E-state index in [2.05, 4.69) is 4.98 Å². The molecule has 0 unspecified atom stereocenters. The molecule has 1 aliphatic rings. The highest BCUT2D eigenvalue weighted by Gasteiger charge is 2.37. The molecule has 2 rings (SSSR count). The summed E-state index contributed by atoms with van der Waals surface area (Å²) < 4.78 is 10.4. The van der Waals surface area contributed by atoms with Crippen LogP contribution < -0.4 is 5.73 Å². The summed E-state index contributed by atoms with van der Waals surface area (Å²) in [5.41, 5.74) is 6.73. The number of esters is 1. The minimum absolute atomic E-state index is 0.0652. The van der Waals surface area contributed by atoms with E-state index >= 15 is 0 Å². The smallest absolute Gasteiger partial charge is 0.338 e. The summed E-state index contributed by atoms with van der Waals surface area (Å²) in [4.78, 5) is 16.3. The molecule has 0 saturated heterocycles. The largest absolute Gasteiger partial charge is 0.463 e. The fraction of sp³-hybridized carbons (Fsp3) is 0.267. The van der Waals surface area contributed by atoms with Crippen LogP contribution in [0.3, 0.4) is 0 Å². The van der Waals surface area contributed by atoms with Crippen LogP contribution in [0.5, 0.6) is 0 Å². The maximum atomic E-state index is 12.3. The number of pyridine rings is 1. The van der Waals surface area contributed by atoms with E-state index in [0.29, 0.717) is 5.56 Å². The van der Waals surface area contributed by atoms with Gasteiger partial charge in [0.05, 0.1) is 24.0 Å². The lowest BCUT2D eigenvalue weighted by Crippen LogP contribution is -2.26. The SMILES string of the molecule is CCOC(=O)C1=C(CCl)OC(N)=C(C#N)[C@H]1c1cccnc1. The third kappa shape index (κ3) is 2.90. The number of carbonyl (C=O) groups excluding carboxylic acids is 1. The van der Waals surface area contributed by atoms with E-state index in [1.807, 2.05) is 6.07 Å². The van der Waals surface area contributed by atoms with E-state index in [0.717, 1.165) is 0 Å². The average Bonchev–Trinajstić information content (AvgIpc) is 2.54. The molecule has 1 aliphatic heterocycles. The van der Waals surface area contributed by atoms with Crippen molar-refractivity contribution in [2.24, 2.45) is 5.73 Å². The van der Waals surface area contributed by atoms with E-state index in [4.69, 9.17) is 26.8 Å². The molecule has 0 fully saturated rings. The predicted octanol–water partition coefficient (Wildman–Crippen LogP) is 1.95. The summed E-state index contributed by atoms with van der Waals surface area (Å²) in [6, 6.07) is 5.45. The van der Waals surface area contributed by atoms with E-state index in [1.165, 1.54) is 0 Å². The molecular formula is C15H14ClN3O3. The molecule has 7 heteroatoms. The number of hydrogen-bond acceptors (Lipinski definition) is 6. The van der Waals surface area contributed by atoms with Gasteiger partial charge in [-0.15, -0.1) is 11.6 Å². The molecule has 0 radical (unpaired) electrons. The maximum absolute atomic E-state index is 12.3. The Hall–Kier alpha value is -2.52. The zero-order valence-electron chi connectivity index (χ0n) is 11.9. The first kappa shape index (κ1) is 15.9. The fourth-order valence-electron chi connectivity index (χ4n) is 2.23. The van der Waals surface area contributed by atoms with Gasteiger partial charge >= 0.3 is 5.97 Å². The minimum atomic E-state index is -0.708. The van der Waals surface area contributed by atoms with Crippen LogP contribution in [0.25, 0.3) is 0 Å². The Bertz CT molecular complexity index is 677. The molecular weight excluding hydrogens is 306 g/mol. The van der Waals surface area contributed by atoms with Gasteiger partial charge < -0.3 is 15.2 Å². The van der Waals surface area contributed by atoms with Crippen molar-refractivity contribution < 1.29 is 14.3 Å². The number of carbonyl (C=O) groups is 1. The summed E-state index contributed by atoms with van der Waals surface area (Å²) in [7, 11) is 0. The average molecular weight is 320 g/mol. The standard InChI is InChI=1S/C15H14ClN3O3/c1-2-21-15(20)13-11(6-16)22-14(18)10(7-17)12(13)9-4-3-5-19-8-9/h3-5,8,12H,2,6,18H2,1H3/t12-/m1/s1. The number of nitrogens with zero attached hydrogens (tertiary/aromatic N) is 2. The number of ether oxygens (including phenoxy) is 2. The normalized spacial score (nSPS) is 17.8. The van der Waals surface area contributed by atoms with Crippen LogP contribution in [-0.4, -0.2) is 23.4 Å². The number of aromatic nitrogens is 1. The molecule has 1 aromatic rings. The molecule has 0 amide bonds. The van der Waals surface area contributed by atoms with Gasteiger partial charge in [-0.05, 0) is 18.6 Å². The summed E-state index contributed by atoms with van der Waals surface area (Å²) in [6.45, 7) is 1.88. The van der Waals surface area contributed by atoms with E-state index in [1.54, 1.807) is 31.5 Å². The first-order valence-corrected chi connectivity index (χ1v) is 7.11. The summed E-state index contributed by atoms with van der Waals surface area (Å²) in [5, 5.41) is 9.39. The van der Waals surface area contributed by atoms with Gasteiger partial charge in [-0.2, -0.15) is 5.26 Å². The zero-order valence-corrected chi connectivity index (χ0v) is 12.6. The number of rotatable bonds is 4. The van der Waals surface area contributed by atoms with Gasteiger partial charge in [-0.3, -0.25) is 4.98 Å². The van der Waals surface area contributed by atoms with E-state index < -0.39 is 11.9 Å². The summed E-state index contributed by atoms with van der Waals surface area (Å²) in [5.74, 6) is -1.25. The van der Waals surface area contributed by atoms with Crippen molar-refractivity contribution in [2.75, 3.05) is 12.5 Å². The maximum Gasteiger partial charge on any atom is 0.338 e. The second kappa shape index (κ2) is 6.96. The topological polar surface area (TPSA) is 98.2 Å². The quantitative estimate of drug-likeness (QED) is 0.672. The molecule has 6 nitrogen and oxygen atoms in total.